The van der Waals surface area contributed by atoms with Crippen LogP contribution in [0.25, 0.3) is 0 Å². The summed E-state index contributed by atoms with van der Waals surface area (Å²) in [6.07, 6.45) is 3.27. The number of benzene rings is 2. The second kappa shape index (κ2) is 9.61. The largest absolute Gasteiger partial charge is 0.471 e. The Morgan fingerprint density at radius 1 is 0.875 bits per heavy atom. The maximum atomic E-state index is 12.7. The van der Waals surface area contributed by atoms with Crippen molar-refractivity contribution in [2.75, 3.05) is 10.6 Å². The van der Waals surface area contributed by atoms with Crippen LogP contribution in [-0.2, 0) is 13.3 Å². The lowest BCUT2D eigenvalue weighted by Gasteiger charge is -2.06. The van der Waals surface area contributed by atoms with Gasteiger partial charge in [-0.2, -0.15) is 10.2 Å². The van der Waals surface area contributed by atoms with Crippen LogP contribution in [-0.4, -0.2) is 31.4 Å². The molecule has 0 saturated heterocycles. The highest BCUT2D eigenvalue weighted by molar-refractivity contribution is 6.10. The number of rotatable bonds is 8. The van der Waals surface area contributed by atoms with Gasteiger partial charge in [0, 0.05) is 24.6 Å². The Hall–Kier alpha value is -4.40. The molecule has 0 aliphatic carbocycles. The van der Waals surface area contributed by atoms with E-state index in [1.807, 2.05) is 55.5 Å². The van der Waals surface area contributed by atoms with Gasteiger partial charge < -0.3 is 15.4 Å². The Morgan fingerprint density at radius 3 is 2.31 bits per heavy atom. The number of aromatic nitrogens is 4. The quantitative estimate of drug-likeness (QED) is 0.444. The van der Waals surface area contributed by atoms with Crippen LogP contribution in [0.1, 0.15) is 27.9 Å². The summed E-state index contributed by atoms with van der Waals surface area (Å²) >= 11 is 0. The van der Waals surface area contributed by atoms with Crippen molar-refractivity contribution in [3.8, 4) is 5.75 Å². The second-order valence-electron chi connectivity index (χ2n) is 6.85. The van der Waals surface area contributed by atoms with E-state index in [1.54, 1.807) is 35.3 Å². The maximum absolute atomic E-state index is 12.7. The third kappa shape index (κ3) is 5.01. The topological polar surface area (TPSA) is 103 Å². The van der Waals surface area contributed by atoms with Gasteiger partial charge in [-0.15, -0.1) is 0 Å². The summed E-state index contributed by atoms with van der Waals surface area (Å²) in [6.45, 7) is 2.61. The Kier molecular flexibility index (Phi) is 6.26. The molecule has 0 spiro atoms. The van der Waals surface area contributed by atoms with Gasteiger partial charge in [0.05, 0.1) is 5.69 Å². The van der Waals surface area contributed by atoms with Gasteiger partial charge in [0.15, 0.2) is 18.1 Å². The number of anilines is 2. The fourth-order valence-electron chi connectivity index (χ4n) is 2.95. The molecule has 9 nitrogen and oxygen atoms in total. The van der Waals surface area contributed by atoms with E-state index < -0.39 is 11.8 Å². The molecule has 2 aromatic carbocycles. The van der Waals surface area contributed by atoms with Crippen LogP contribution in [0.5, 0.6) is 5.75 Å². The minimum Gasteiger partial charge on any atom is -0.471 e. The number of carbonyl (C=O) groups is 2. The molecule has 2 N–H and O–H groups in total. The monoisotopic (exact) mass is 430 g/mol. The van der Waals surface area contributed by atoms with Crippen molar-refractivity contribution in [1.29, 1.82) is 0 Å². The molecule has 4 rings (SSSR count). The molecule has 0 radical (unpaired) electrons. The molecule has 0 atom stereocenters. The molecule has 2 heterocycles. The summed E-state index contributed by atoms with van der Waals surface area (Å²) in [5, 5.41) is 14.0. The molecule has 0 aliphatic rings. The van der Waals surface area contributed by atoms with Crippen LogP contribution in [0.4, 0.5) is 11.4 Å². The molecule has 32 heavy (non-hydrogen) atoms. The zero-order valence-electron chi connectivity index (χ0n) is 17.4. The molecular weight excluding hydrogens is 408 g/mol. The van der Waals surface area contributed by atoms with Crippen LogP contribution in [0, 0.1) is 0 Å². The molecule has 2 amide bonds. The fraction of sp³-hybridized carbons (Fsp3) is 0.130. The van der Waals surface area contributed by atoms with E-state index in [9.17, 15) is 9.59 Å². The molecule has 0 saturated carbocycles. The normalized spacial score (nSPS) is 10.5. The number of nitrogens with zero attached hydrogens (tertiary/aromatic N) is 4. The molecule has 2 aromatic heterocycles. The number of amides is 2. The van der Waals surface area contributed by atoms with Crippen molar-refractivity contribution in [2.24, 2.45) is 0 Å². The third-order valence-corrected chi connectivity index (χ3v) is 4.56. The molecule has 9 heteroatoms. The number of aryl methyl sites for hydroxylation is 1. The summed E-state index contributed by atoms with van der Waals surface area (Å²) in [4.78, 5) is 25.5. The standard InChI is InChI=1S/C23H22N6O3/c1-2-28-15-20(21(27-28)23(31)24-17-9-5-3-6-10-17)25-22(30)19-13-14-29(26-19)16-32-18-11-7-4-8-12-18/h3-15H,2,16H2,1H3,(H,24,31)(H,25,30). The first-order valence-corrected chi connectivity index (χ1v) is 10.1. The first kappa shape index (κ1) is 20.9. The molecule has 0 bridgehead atoms. The van der Waals surface area contributed by atoms with Gasteiger partial charge in [-0.1, -0.05) is 36.4 Å². The van der Waals surface area contributed by atoms with Gasteiger partial charge in [0.1, 0.15) is 5.75 Å². The minimum absolute atomic E-state index is 0.121. The Bertz CT molecular complexity index is 1200. The molecular formula is C23H22N6O3. The van der Waals surface area contributed by atoms with Crippen molar-refractivity contribution in [3.63, 3.8) is 0 Å². The number of carbonyl (C=O) groups excluding carboxylic acids is 2. The Labute approximate surface area is 184 Å². The van der Waals surface area contributed by atoms with E-state index in [0.717, 1.165) is 0 Å². The van der Waals surface area contributed by atoms with Crippen molar-refractivity contribution >= 4 is 23.2 Å². The van der Waals surface area contributed by atoms with Crippen LogP contribution < -0.4 is 15.4 Å². The van der Waals surface area contributed by atoms with Crippen LogP contribution in [0.3, 0.4) is 0 Å². The number of hydrogen-bond acceptors (Lipinski definition) is 5. The van der Waals surface area contributed by atoms with Crippen molar-refractivity contribution in [1.82, 2.24) is 19.6 Å². The zero-order valence-corrected chi connectivity index (χ0v) is 17.4. The van der Waals surface area contributed by atoms with Crippen LogP contribution in [0.15, 0.2) is 79.1 Å². The highest BCUT2D eigenvalue weighted by Gasteiger charge is 2.20. The first-order valence-electron chi connectivity index (χ1n) is 10.1. The minimum atomic E-state index is -0.451. The van der Waals surface area contributed by atoms with E-state index in [-0.39, 0.29) is 18.1 Å². The van der Waals surface area contributed by atoms with Crippen molar-refractivity contribution < 1.29 is 14.3 Å². The molecule has 4 aromatic rings. The lowest BCUT2D eigenvalue weighted by molar-refractivity contribution is 0.102. The zero-order chi connectivity index (χ0) is 22.3. The molecule has 0 aliphatic heterocycles. The predicted molar refractivity (Wildman–Crippen MR) is 120 cm³/mol. The highest BCUT2D eigenvalue weighted by Crippen LogP contribution is 2.18. The van der Waals surface area contributed by atoms with E-state index in [2.05, 4.69) is 20.8 Å². The molecule has 0 unspecified atom stereocenters. The van der Waals surface area contributed by atoms with Gasteiger partial charge in [-0.05, 0) is 37.3 Å². The number of hydrogen-bond donors (Lipinski definition) is 2. The van der Waals surface area contributed by atoms with Crippen LogP contribution >= 0.6 is 0 Å². The smallest absolute Gasteiger partial charge is 0.278 e. The summed E-state index contributed by atoms with van der Waals surface area (Å²) in [5.41, 5.74) is 1.26. The lowest BCUT2D eigenvalue weighted by Crippen LogP contribution is -2.18. The Balaban J connectivity index is 1.44. The summed E-state index contributed by atoms with van der Waals surface area (Å²) in [6, 6.07) is 20.0. The van der Waals surface area contributed by atoms with Gasteiger partial charge in [0.2, 0.25) is 0 Å². The average molecular weight is 430 g/mol. The van der Waals surface area contributed by atoms with E-state index >= 15 is 0 Å². The summed E-state index contributed by atoms with van der Waals surface area (Å²) in [7, 11) is 0. The fourth-order valence-corrected chi connectivity index (χ4v) is 2.95. The predicted octanol–water partition coefficient (Wildman–Crippen LogP) is 3.64. The average Bonchev–Trinajstić information content (AvgIpc) is 3.46. The number of nitrogens with one attached hydrogen (secondary N) is 2. The SMILES string of the molecule is CCn1cc(NC(=O)c2ccn(COc3ccccc3)n2)c(C(=O)Nc2ccccc2)n1. The second-order valence-corrected chi connectivity index (χ2v) is 6.85. The van der Waals surface area contributed by atoms with E-state index in [0.29, 0.717) is 23.7 Å². The van der Waals surface area contributed by atoms with Gasteiger partial charge in [0.25, 0.3) is 11.8 Å². The third-order valence-electron chi connectivity index (χ3n) is 4.56. The summed E-state index contributed by atoms with van der Waals surface area (Å²) in [5.74, 6) is -0.164. The van der Waals surface area contributed by atoms with Gasteiger partial charge in [-0.25, -0.2) is 4.68 Å². The Morgan fingerprint density at radius 2 is 1.59 bits per heavy atom. The van der Waals surface area contributed by atoms with Crippen molar-refractivity contribution in [2.45, 2.75) is 20.2 Å². The van der Waals surface area contributed by atoms with E-state index in [1.165, 1.54) is 4.68 Å². The lowest BCUT2D eigenvalue weighted by atomic mass is 10.3. The van der Waals surface area contributed by atoms with E-state index in [4.69, 9.17) is 4.74 Å². The summed E-state index contributed by atoms with van der Waals surface area (Å²) < 4.78 is 8.73. The van der Waals surface area contributed by atoms with Gasteiger partial charge >= 0.3 is 0 Å². The van der Waals surface area contributed by atoms with Crippen molar-refractivity contribution in [3.05, 3.63) is 90.5 Å². The van der Waals surface area contributed by atoms with Gasteiger partial charge in [-0.3, -0.25) is 14.3 Å². The maximum Gasteiger partial charge on any atom is 0.278 e. The number of para-hydroxylation sites is 2. The first-order chi connectivity index (χ1) is 15.6. The molecule has 0 fully saturated rings. The molecule has 162 valence electrons. The highest BCUT2D eigenvalue weighted by atomic mass is 16.5. The van der Waals surface area contributed by atoms with Crippen LogP contribution in [0.2, 0.25) is 0 Å². The number of ether oxygens (including phenoxy) is 1.